The van der Waals surface area contributed by atoms with Gasteiger partial charge in [-0.15, -0.1) is 0 Å². The van der Waals surface area contributed by atoms with Gasteiger partial charge in [0, 0.05) is 5.02 Å². The van der Waals surface area contributed by atoms with Crippen LogP contribution >= 0.6 is 11.6 Å². The van der Waals surface area contributed by atoms with Gasteiger partial charge in [-0.2, -0.15) is 5.26 Å². The van der Waals surface area contributed by atoms with Crippen molar-refractivity contribution >= 4 is 17.6 Å². The van der Waals surface area contributed by atoms with Gasteiger partial charge in [0.15, 0.2) is 0 Å². The van der Waals surface area contributed by atoms with Crippen LogP contribution in [0.1, 0.15) is 15.9 Å². The van der Waals surface area contributed by atoms with Crippen molar-refractivity contribution in [1.29, 1.82) is 5.26 Å². The molecule has 0 radical (unpaired) electrons. The van der Waals surface area contributed by atoms with E-state index in [9.17, 15) is 4.79 Å². The predicted octanol–water partition coefficient (Wildman–Crippen LogP) is 2.19. The van der Waals surface area contributed by atoms with Crippen LogP contribution in [0.15, 0.2) is 18.2 Å². The van der Waals surface area contributed by atoms with Crippen molar-refractivity contribution in [1.82, 2.24) is 0 Å². The first-order chi connectivity index (χ1) is 6.69. The number of rotatable bonds is 2. The lowest BCUT2D eigenvalue weighted by Crippen LogP contribution is -2.05. The second-order valence-corrected chi connectivity index (χ2v) is 3.06. The van der Waals surface area contributed by atoms with Crippen molar-refractivity contribution in [2.45, 2.75) is 6.42 Å². The van der Waals surface area contributed by atoms with Crippen LogP contribution in [0.3, 0.4) is 0 Å². The van der Waals surface area contributed by atoms with E-state index in [1.165, 1.54) is 7.11 Å². The lowest BCUT2D eigenvalue weighted by atomic mass is 10.1. The Morgan fingerprint density at radius 3 is 2.93 bits per heavy atom. The molecule has 0 saturated heterocycles. The van der Waals surface area contributed by atoms with Gasteiger partial charge in [-0.05, 0) is 23.8 Å². The Hall–Kier alpha value is -1.53. The van der Waals surface area contributed by atoms with E-state index in [-0.39, 0.29) is 6.42 Å². The molecule has 0 atom stereocenters. The van der Waals surface area contributed by atoms with Crippen LogP contribution < -0.4 is 0 Å². The number of hydrogen-bond acceptors (Lipinski definition) is 3. The third kappa shape index (κ3) is 2.24. The number of methoxy groups -OCH3 is 1. The first-order valence-corrected chi connectivity index (χ1v) is 4.30. The zero-order valence-corrected chi connectivity index (χ0v) is 8.34. The summed E-state index contributed by atoms with van der Waals surface area (Å²) in [6.45, 7) is 0. The number of esters is 1. The van der Waals surface area contributed by atoms with E-state index in [2.05, 4.69) is 4.74 Å². The molecule has 0 N–H and O–H groups in total. The molecule has 0 aliphatic heterocycles. The molecule has 4 heteroatoms. The number of carbonyl (C=O) groups is 1. The van der Waals surface area contributed by atoms with Gasteiger partial charge >= 0.3 is 5.97 Å². The number of ether oxygens (including phenoxy) is 1. The van der Waals surface area contributed by atoms with Gasteiger partial charge in [-0.25, -0.2) is 4.79 Å². The number of halogens is 1. The summed E-state index contributed by atoms with van der Waals surface area (Å²) in [6, 6.07) is 6.71. The second-order valence-electron chi connectivity index (χ2n) is 2.63. The molecule has 0 aliphatic rings. The molecule has 0 saturated carbocycles. The van der Waals surface area contributed by atoms with Crippen molar-refractivity contribution in [2.24, 2.45) is 0 Å². The van der Waals surface area contributed by atoms with Crippen molar-refractivity contribution in [2.75, 3.05) is 7.11 Å². The van der Waals surface area contributed by atoms with Crippen molar-refractivity contribution in [3.63, 3.8) is 0 Å². The summed E-state index contributed by atoms with van der Waals surface area (Å²) in [5.41, 5.74) is 0.977. The van der Waals surface area contributed by atoms with Crippen molar-refractivity contribution < 1.29 is 9.53 Å². The normalized spacial score (nSPS) is 9.21. The fourth-order valence-electron chi connectivity index (χ4n) is 1.10. The molecule has 1 rings (SSSR count). The minimum atomic E-state index is -0.452. The Morgan fingerprint density at radius 2 is 2.36 bits per heavy atom. The fraction of sp³-hybridized carbons (Fsp3) is 0.200. The van der Waals surface area contributed by atoms with Crippen LogP contribution in [-0.2, 0) is 11.2 Å². The van der Waals surface area contributed by atoms with Gasteiger partial charge in [0.25, 0.3) is 0 Å². The molecule has 72 valence electrons. The minimum Gasteiger partial charge on any atom is -0.465 e. The summed E-state index contributed by atoms with van der Waals surface area (Å²) in [7, 11) is 1.30. The van der Waals surface area contributed by atoms with E-state index in [1.807, 2.05) is 6.07 Å². The highest BCUT2D eigenvalue weighted by molar-refractivity contribution is 6.30. The van der Waals surface area contributed by atoms with E-state index in [0.29, 0.717) is 16.1 Å². The Morgan fingerprint density at radius 1 is 1.64 bits per heavy atom. The van der Waals surface area contributed by atoms with Gasteiger partial charge in [0.1, 0.15) is 0 Å². The second kappa shape index (κ2) is 4.64. The molecule has 0 unspecified atom stereocenters. The van der Waals surface area contributed by atoms with Gasteiger partial charge in [-0.3, -0.25) is 0 Å². The summed E-state index contributed by atoms with van der Waals surface area (Å²) in [5.74, 6) is -0.452. The number of nitrogens with zero attached hydrogens (tertiary/aromatic N) is 1. The lowest BCUT2D eigenvalue weighted by molar-refractivity contribution is 0.0599. The SMILES string of the molecule is COC(=O)c1ccc(Cl)cc1CC#N. The van der Waals surface area contributed by atoms with E-state index >= 15 is 0 Å². The Labute approximate surface area is 86.9 Å². The molecule has 0 bridgehead atoms. The summed E-state index contributed by atoms with van der Waals surface area (Å²) >= 11 is 5.74. The number of carbonyl (C=O) groups excluding carboxylic acids is 1. The van der Waals surface area contributed by atoms with Gasteiger partial charge in [0.05, 0.1) is 25.2 Å². The first-order valence-electron chi connectivity index (χ1n) is 3.92. The standard InChI is InChI=1S/C10H8ClNO2/c1-14-10(13)9-3-2-8(11)6-7(9)4-5-12/h2-3,6H,4H2,1H3. The third-order valence-corrected chi connectivity index (χ3v) is 1.98. The molecule has 3 nitrogen and oxygen atoms in total. The molecule has 0 spiro atoms. The molecular weight excluding hydrogens is 202 g/mol. The molecule has 0 aromatic heterocycles. The van der Waals surface area contributed by atoms with E-state index < -0.39 is 5.97 Å². The smallest absolute Gasteiger partial charge is 0.338 e. The maximum Gasteiger partial charge on any atom is 0.338 e. The number of benzene rings is 1. The molecule has 0 heterocycles. The molecule has 14 heavy (non-hydrogen) atoms. The Balaban J connectivity index is 3.15. The first kappa shape index (κ1) is 10.6. The maximum atomic E-state index is 11.2. The highest BCUT2D eigenvalue weighted by Gasteiger charge is 2.11. The summed E-state index contributed by atoms with van der Waals surface area (Å²) in [5, 5.41) is 9.05. The van der Waals surface area contributed by atoms with Crippen LogP contribution in [0.2, 0.25) is 5.02 Å². The third-order valence-electron chi connectivity index (χ3n) is 1.74. The van der Waals surface area contributed by atoms with E-state index in [4.69, 9.17) is 16.9 Å². The van der Waals surface area contributed by atoms with Crippen LogP contribution in [0.5, 0.6) is 0 Å². The number of hydrogen-bond donors (Lipinski definition) is 0. The molecule has 1 aromatic rings. The zero-order chi connectivity index (χ0) is 10.6. The molecule has 0 fully saturated rings. The topological polar surface area (TPSA) is 50.1 Å². The molecule has 1 aromatic carbocycles. The zero-order valence-electron chi connectivity index (χ0n) is 7.58. The average Bonchev–Trinajstić information content (AvgIpc) is 2.17. The predicted molar refractivity (Wildman–Crippen MR) is 52.1 cm³/mol. The van der Waals surface area contributed by atoms with Gasteiger partial charge < -0.3 is 4.74 Å². The summed E-state index contributed by atoms with van der Waals surface area (Å²) in [4.78, 5) is 11.2. The average molecular weight is 210 g/mol. The lowest BCUT2D eigenvalue weighted by Gasteiger charge is -2.04. The van der Waals surface area contributed by atoms with Crippen molar-refractivity contribution in [3.05, 3.63) is 34.3 Å². The van der Waals surface area contributed by atoms with Gasteiger partial charge in [0.2, 0.25) is 0 Å². The van der Waals surface area contributed by atoms with Gasteiger partial charge in [-0.1, -0.05) is 11.6 Å². The fourth-order valence-corrected chi connectivity index (χ4v) is 1.30. The number of nitriles is 1. The molecule has 0 amide bonds. The molecule has 0 aliphatic carbocycles. The van der Waals surface area contributed by atoms with Crippen LogP contribution in [0.25, 0.3) is 0 Å². The van der Waals surface area contributed by atoms with Crippen LogP contribution in [0.4, 0.5) is 0 Å². The summed E-state index contributed by atoms with van der Waals surface area (Å²) < 4.78 is 4.57. The van der Waals surface area contributed by atoms with Crippen LogP contribution in [-0.4, -0.2) is 13.1 Å². The maximum absolute atomic E-state index is 11.2. The highest BCUT2D eigenvalue weighted by Crippen LogP contribution is 2.17. The molecular formula is C10H8ClNO2. The van der Waals surface area contributed by atoms with E-state index in [0.717, 1.165) is 0 Å². The minimum absolute atomic E-state index is 0.144. The van der Waals surface area contributed by atoms with Crippen molar-refractivity contribution in [3.8, 4) is 6.07 Å². The quantitative estimate of drug-likeness (QED) is 0.702. The summed E-state index contributed by atoms with van der Waals surface area (Å²) in [6.07, 6.45) is 0.144. The monoisotopic (exact) mass is 209 g/mol. The van der Waals surface area contributed by atoms with Crippen LogP contribution in [0, 0.1) is 11.3 Å². The van der Waals surface area contributed by atoms with E-state index in [1.54, 1.807) is 18.2 Å². The Kier molecular flexibility index (Phi) is 3.49. The largest absolute Gasteiger partial charge is 0.465 e. The Bertz CT molecular complexity index is 396. The highest BCUT2D eigenvalue weighted by atomic mass is 35.5.